The molecule has 0 saturated heterocycles. The van der Waals surface area contributed by atoms with Crippen LogP contribution < -0.4 is 5.73 Å². The van der Waals surface area contributed by atoms with E-state index in [1.54, 1.807) is 0 Å². The van der Waals surface area contributed by atoms with Gasteiger partial charge in [-0.1, -0.05) is 0 Å². The zero-order chi connectivity index (χ0) is 10.3. The van der Waals surface area contributed by atoms with Gasteiger partial charge in [-0.15, -0.1) is 22.7 Å². The SMILES string of the molecule is Nc1nc(-c2cc3c(s2)CCSC3)cs1. The largest absolute Gasteiger partial charge is 0.375 e. The van der Waals surface area contributed by atoms with E-state index in [0.717, 1.165) is 11.4 Å². The highest BCUT2D eigenvalue weighted by Gasteiger charge is 2.15. The van der Waals surface area contributed by atoms with Crippen LogP contribution >= 0.6 is 34.4 Å². The Kier molecular flexibility index (Phi) is 2.46. The van der Waals surface area contributed by atoms with E-state index in [9.17, 15) is 0 Å². The molecule has 0 aliphatic carbocycles. The molecule has 0 bridgehead atoms. The minimum Gasteiger partial charge on any atom is -0.375 e. The summed E-state index contributed by atoms with van der Waals surface area (Å²) in [5.74, 6) is 2.41. The third kappa shape index (κ3) is 1.79. The van der Waals surface area contributed by atoms with Gasteiger partial charge in [-0.05, 0) is 23.8 Å². The molecule has 0 unspecified atom stereocenters. The summed E-state index contributed by atoms with van der Waals surface area (Å²) >= 11 is 5.41. The molecular formula is C10H10N2S3. The molecular weight excluding hydrogens is 244 g/mol. The Bertz CT molecular complexity index is 463. The molecule has 0 saturated carbocycles. The second kappa shape index (κ2) is 3.81. The molecule has 78 valence electrons. The van der Waals surface area contributed by atoms with Crippen LogP contribution in [-0.4, -0.2) is 10.7 Å². The van der Waals surface area contributed by atoms with Crippen LogP contribution in [0.15, 0.2) is 11.4 Å². The predicted molar refractivity (Wildman–Crippen MR) is 69.7 cm³/mol. The third-order valence-electron chi connectivity index (χ3n) is 2.40. The zero-order valence-electron chi connectivity index (χ0n) is 8.03. The van der Waals surface area contributed by atoms with Crippen LogP contribution in [-0.2, 0) is 12.2 Å². The van der Waals surface area contributed by atoms with Crippen molar-refractivity contribution in [3.63, 3.8) is 0 Å². The molecule has 0 radical (unpaired) electrons. The number of fused-ring (bicyclic) bond motifs is 1. The van der Waals surface area contributed by atoms with Gasteiger partial charge < -0.3 is 5.73 Å². The Labute approximate surface area is 101 Å². The summed E-state index contributed by atoms with van der Waals surface area (Å²) in [5, 5.41) is 2.70. The smallest absolute Gasteiger partial charge is 0.180 e. The molecule has 0 spiro atoms. The van der Waals surface area contributed by atoms with Gasteiger partial charge in [0.05, 0.1) is 10.6 Å². The maximum absolute atomic E-state index is 5.65. The first kappa shape index (κ1) is 9.69. The summed E-state index contributed by atoms with van der Waals surface area (Å²) in [4.78, 5) is 7.14. The number of hydrogen-bond acceptors (Lipinski definition) is 5. The van der Waals surface area contributed by atoms with Crippen molar-refractivity contribution >= 4 is 39.6 Å². The average Bonchev–Trinajstić information content (AvgIpc) is 2.82. The number of thiazole rings is 1. The topological polar surface area (TPSA) is 38.9 Å². The van der Waals surface area contributed by atoms with E-state index < -0.39 is 0 Å². The average molecular weight is 254 g/mol. The fourth-order valence-electron chi connectivity index (χ4n) is 1.67. The van der Waals surface area contributed by atoms with E-state index in [4.69, 9.17) is 5.73 Å². The fraction of sp³-hybridized carbons (Fsp3) is 0.300. The van der Waals surface area contributed by atoms with E-state index in [1.165, 1.54) is 38.8 Å². The second-order valence-corrected chi connectivity index (χ2v) is 6.56. The molecule has 2 N–H and O–H groups in total. The van der Waals surface area contributed by atoms with Crippen LogP contribution in [0.5, 0.6) is 0 Å². The quantitative estimate of drug-likeness (QED) is 0.849. The van der Waals surface area contributed by atoms with E-state index in [1.807, 2.05) is 28.5 Å². The number of aryl methyl sites for hydroxylation is 1. The molecule has 0 atom stereocenters. The number of thiophene rings is 1. The minimum atomic E-state index is 0.658. The van der Waals surface area contributed by atoms with Crippen molar-refractivity contribution in [2.24, 2.45) is 0 Å². The standard InChI is InChI=1S/C10H10N2S3/c11-10-12-7(5-14-10)9-3-6-4-13-2-1-8(6)15-9/h3,5H,1-2,4H2,(H2,11,12). The van der Waals surface area contributed by atoms with Gasteiger partial charge >= 0.3 is 0 Å². The highest BCUT2D eigenvalue weighted by Crippen LogP contribution is 2.37. The maximum Gasteiger partial charge on any atom is 0.180 e. The van der Waals surface area contributed by atoms with Gasteiger partial charge in [-0.25, -0.2) is 4.98 Å². The molecule has 0 aromatic carbocycles. The monoisotopic (exact) mass is 254 g/mol. The molecule has 0 fully saturated rings. The molecule has 2 nitrogen and oxygen atoms in total. The molecule has 2 aromatic heterocycles. The molecule has 2 aromatic rings. The van der Waals surface area contributed by atoms with Gasteiger partial charge in [0.1, 0.15) is 0 Å². The number of hydrogen-bond donors (Lipinski definition) is 1. The lowest BCUT2D eigenvalue weighted by atomic mass is 10.2. The molecule has 0 amide bonds. The van der Waals surface area contributed by atoms with Crippen molar-refractivity contribution < 1.29 is 0 Å². The number of thioether (sulfide) groups is 1. The first-order chi connectivity index (χ1) is 7.33. The van der Waals surface area contributed by atoms with Crippen LogP contribution in [0.3, 0.4) is 0 Å². The van der Waals surface area contributed by atoms with E-state index in [-0.39, 0.29) is 0 Å². The lowest BCUT2D eigenvalue weighted by molar-refractivity contribution is 1.13. The molecule has 1 aliphatic heterocycles. The highest BCUT2D eigenvalue weighted by molar-refractivity contribution is 7.98. The van der Waals surface area contributed by atoms with Gasteiger partial charge in [-0.3, -0.25) is 0 Å². The summed E-state index contributed by atoms with van der Waals surface area (Å²) in [6.45, 7) is 0. The van der Waals surface area contributed by atoms with Crippen LogP contribution in [0.2, 0.25) is 0 Å². The van der Waals surface area contributed by atoms with Crippen LogP contribution in [0.25, 0.3) is 10.6 Å². The number of aromatic nitrogens is 1. The Morgan fingerprint density at radius 2 is 2.33 bits per heavy atom. The number of nitrogens with two attached hydrogens (primary N) is 1. The predicted octanol–water partition coefficient (Wildman–Crippen LogP) is 3.24. The van der Waals surface area contributed by atoms with Crippen LogP contribution in [0, 0.1) is 0 Å². The van der Waals surface area contributed by atoms with Crippen molar-refractivity contribution in [1.29, 1.82) is 0 Å². The lowest BCUT2D eigenvalue weighted by Gasteiger charge is -2.08. The lowest BCUT2D eigenvalue weighted by Crippen LogP contribution is -1.96. The number of anilines is 1. The normalized spacial score (nSPS) is 15.2. The summed E-state index contributed by atoms with van der Waals surface area (Å²) < 4.78 is 0. The van der Waals surface area contributed by atoms with Crippen LogP contribution in [0.4, 0.5) is 5.13 Å². The first-order valence-electron chi connectivity index (χ1n) is 4.73. The molecule has 3 heterocycles. The number of rotatable bonds is 1. The van der Waals surface area contributed by atoms with Crippen molar-refractivity contribution in [2.75, 3.05) is 11.5 Å². The summed E-state index contributed by atoms with van der Waals surface area (Å²) in [7, 11) is 0. The molecule has 15 heavy (non-hydrogen) atoms. The maximum atomic E-state index is 5.65. The third-order valence-corrected chi connectivity index (χ3v) is 5.34. The zero-order valence-corrected chi connectivity index (χ0v) is 10.5. The highest BCUT2D eigenvalue weighted by atomic mass is 32.2. The molecule has 3 rings (SSSR count). The van der Waals surface area contributed by atoms with Crippen molar-refractivity contribution in [2.45, 2.75) is 12.2 Å². The fourth-order valence-corrected chi connectivity index (χ4v) is 4.64. The Hall–Kier alpha value is -0.520. The second-order valence-electron chi connectivity index (χ2n) is 3.43. The Morgan fingerprint density at radius 1 is 1.40 bits per heavy atom. The Morgan fingerprint density at radius 3 is 3.07 bits per heavy atom. The minimum absolute atomic E-state index is 0.658. The molecule has 1 aliphatic rings. The summed E-state index contributed by atoms with van der Waals surface area (Å²) in [5.41, 5.74) is 8.19. The Balaban J connectivity index is 2.02. The van der Waals surface area contributed by atoms with Gasteiger partial charge in [0.25, 0.3) is 0 Å². The number of nitrogens with zero attached hydrogens (tertiary/aromatic N) is 1. The number of nitrogen functional groups attached to an aromatic ring is 1. The van der Waals surface area contributed by atoms with Gasteiger partial charge in [0.2, 0.25) is 0 Å². The summed E-state index contributed by atoms with van der Waals surface area (Å²) in [6.07, 6.45) is 1.21. The van der Waals surface area contributed by atoms with Crippen molar-refractivity contribution in [1.82, 2.24) is 4.98 Å². The van der Waals surface area contributed by atoms with Gasteiger partial charge in [0.15, 0.2) is 5.13 Å². The first-order valence-corrected chi connectivity index (χ1v) is 7.59. The van der Waals surface area contributed by atoms with Gasteiger partial charge in [0, 0.05) is 16.0 Å². The van der Waals surface area contributed by atoms with Gasteiger partial charge in [-0.2, -0.15) is 11.8 Å². The molecule has 5 heteroatoms. The van der Waals surface area contributed by atoms with Crippen molar-refractivity contribution in [3.8, 4) is 10.6 Å². The summed E-state index contributed by atoms with van der Waals surface area (Å²) in [6, 6.07) is 2.28. The van der Waals surface area contributed by atoms with E-state index in [0.29, 0.717) is 5.13 Å². The van der Waals surface area contributed by atoms with E-state index >= 15 is 0 Å². The van der Waals surface area contributed by atoms with E-state index in [2.05, 4.69) is 11.1 Å². The van der Waals surface area contributed by atoms with Crippen molar-refractivity contribution in [3.05, 3.63) is 21.9 Å². The van der Waals surface area contributed by atoms with Crippen LogP contribution in [0.1, 0.15) is 10.4 Å².